The molecule has 27 heavy (non-hydrogen) atoms. The standard InChI is InChI=1S/C20H25N3O4/c1-12-19(14-9-13(26-4)5-6-15(14)21(12)2)20(25)23-10-16-17(11-23)27-8-7-18(24)22(16)3/h5-6,9,16-17H,7-8,10-11H2,1-4H3/t16-,17-/m0/s1. The molecule has 2 aliphatic heterocycles. The van der Waals surface area contributed by atoms with Crippen molar-refractivity contribution in [2.24, 2.45) is 7.05 Å². The van der Waals surface area contributed by atoms with Crippen molar-refractivity contribution in [1.82, 2.24) is 14.4 Å². The van der Waals surface area contributed by atoms with E-state index in [0.717, 1.165) is 22.3 Å². The average Bonchev–Trinajstić information content (AvgIpc) is 3.16. The van der Waals surface area contributed by atoms with Crippen LogP contribution in [-0.4, -0.2) is 72.2 Å². The molecule has 0 aliphatic carbocycles. The van der Waals surface area contributed by atoms with Crippen LogP contribution in [0.3, 0.4) is 0 Å². The van der Waals surface area contributed by atoms with Gasteiger partial charge in [-0.15, -0.1) is 0 Å². The number of benzene rings is 1. The molecule has 3 heterocycles. The van der Waals surface area contributed by atoms with Crippen molar-refractivity contribution >= 4 is 22.7 Å². The normalized spacial score (nSPS) is 22.9. The number of likely N-dealkylation sites (tertiary alicyclic amines) is 1. The van der Waals surface area contributed by atoms with Gasteiger partial charge in [0.05, 0.1) is 37.8 Å². The second-order valence-corrected chi connectivity index (χ2v) is 7.34. The van der Waals surface area contributed by atoms with Crippen molar-refractivity contribution in [1.29, 1.82) is 0 Å². The highest BCUT2D eigenvalue weighted by Crippen LogP contribution is 2.31. The van der Waals surface area contributed by atoms with E-state index in [4.69, 9.17) is 9.47 Å². The molecule has 0 spiro atoms. The molecule has 2 aromatic rings. The molecule has 0 unspecified atom stereocenters. The summed E-state index contributed by atoms with van der Waals surface area (Å²) in [6.07, 6.45) is 0.273. The summed E-state index contributed by atoms with van der Waals surface area (Å²) in [5, 5.41) is 0.886. The lowest BCUT2D eigenvalue weighted by Gasteiger charge is -2.25. The van der Waals surface area contributed by atoms with Gasteiger partial charge in [0.15, 0.2) is 0 Å². The quantitative estimate of drug-likeness (QED) is 0.804. The maximum absolute atomic E-state index is 13.4. The number of aryl methyl sites for hydroxylation is 1. The molecule has 2 fully saturated rings. The van der Waals surface area contributed by atoms with Crippen molar-refractivity contribution in [3.05, 3.63) is 29.5 Å². The number of carbonyl (C=O) groups excluding carboxylic acids is 2. The van der Waals surface area contributed by atoms with Gasteiger partial charge < -0.3 is 23.8 Å². The molecule has 7 heteroatoms. The zero-order valence-electron chi connectivity index (χ0n) is 16.2. The van der Waals surface area contributed by atoms with Crippen LogP contribution in [0.1, 0.15) is 22.5 Å². The van der Waals surface area contributed by atoms with E-state index in [-0.39, 0.29) is 24.0 Å². The van der Waals surface area contributed by atoms with Gasteiger partial charge in [-0.3, -0.25) is 9.59 Å². The van der Waals surface area contributed by atoms with Gasteiger partial charge in [0.2, 0.25) is 5.91 Å². The lowest BCUT2D eigenvalue weighted by atomic mass is 10.1. The van der Waals surface area contributed by atoms with Crippen LogP contribution in [0.5, 0.6) is 5.75 Å². The zero-order chi connectivity index (χ0) is 19.3. The Labute approximate surface area is 158 Å². The molecule has 0 bridgehead atoms. The van der Waals surface area contributed by atoms with E-state index in [1.807, 2.05) is 41.6 Å². The Morgan fingerprint density at radius 2 is 2.04 bits per heavy atom. The van der Waals surface area contributed by atoms with E-state index in [1.165, 1.54) is 0 Å². The minimum atomic E-state index is -0.129. The van der Waals surface area contributed by atoms with Crippen molar-refractivity contribution < 1.29 is 19.1 Å². The molecule has 2 saturated heterocycles. The molecule has 2 aliphatic rings. The SMILES string of the molecule is COc1ccc2c(c1)c(C(=O)N1C[C@@H]3OCCC(=O)N(C)[C@H]3C1)c(C)n2C. The minimum Gasteiger partial charge on any atom is -0.497 e. The smallest absolute Gasteiger partial charge is 0.256 e. The first-order valence-electron chi connectivity index (χ1n) is 9.22. The maximum atomic E-state index is 13.4. The van der Waals surface area contributed by atoms with Crippen LogP contribution in [0.4, 0.5) is 0 Å². The number of carbonyl (C=O) groups is 2. The fourth-order valence-electron chi connectivity index (χ4n) is 4.22. The molecule has 0 N–H and O–H groups in total. The molecule has 4 rings (SSSR count). The number of likely N-dealkylation sites (N-methyl/N-ethyl adjacent to an activating group) is 1. The molecule has 1 aromatic heterocycles. The number of ether oxygens (including phenoxy) is 2. The van der Waals surface area contributed by atoms with Crippen molar-refractivity contribution in [3.8, 4) is 5.75 Å². The lowest BCUT2D eigenvalue weighted by molar-refractivity contribution is -0.131. The summed E-state index contributed by atoms with van der Waals surface area (Å²) in [5.74, 6) is 0.772. The van der Waals surface area contributed by atoms with Gasteiger partial charge in [-0.2, -0.15) is 0 Å². The topological polar surface area (TPSA) is 64.0 Å². The number of rotatable bonds is 2. The first-order valence-corrected chi connectivity index (χ1v) is 9.22. The van der Waals surface area contributed by atoms with E-state index in [2.05, 4.69) is 0 Å². The van der Waals surface area contributed by atoms with Crippen LogP contribution in [-0.2, 0) is 16.6 Å². The number of fused-ring (bicyclic) bond motifs is 2. The molecular formula is C20H25N3O4. The number of aromatic nitrogens is 1. The van der Waals surface area contributed by atoms with Crippen LogP contribution in [0, 0.1) is 6.92 Å². The number of methoxy groups -OCH3 is 1. The third-order valence-electron chi connectivity index (χ3n) is 5.98. The first kappa shape index (κ1) is 17.9. The fourth-order valence-corrected chi connectivity index (χ4v) is 4.22. The minimum absolute atomic E-state index is 0.0242. The highest BCUT2D eigenvalue weighted by Gasteiger charge is 2.42. The van der Waals surface area contributed by atoms with Crippen LogP contribution in [0.2, 0.25) is 0 Å². The summed E-state index contributed by atoms with van der Waals surface area (Å²) in [7, 11) is 5.39. The highest BCUT2D eigenvalue weighted by molar-refractivity contribution is 6.09. The second kappa shape index (κ2) is 6.56. The lowest BCUT2D eigenvalue weighted by Crippen LogP contribution is -2.43. The predicted molar refractivity (Wildman–Crippen MR) is 101 cm³/mol. The molecule has 2 amide bonds. The Bertz CT molecular complexity index is 920. The fraction of sp³-hybridized carbons (Fsp3) is 0.500. The van der Waals surface area contributed by atoms with Crippen LogP contribution in [0.15, 0.2) is 18.2 Å². The van der Waals surface area contributed by atoms with Gasteiger partial charge in [0, 0.05) is 43.8 Å². The van der Waals surface area contributed by atoms with Crippen LogP contribution in [0.25, 0.3) is 10.9 Å². The Morgan fingerprint density at radius 3 is 2.78 bits per heavy atom. The third-order valence-corrected chi connectivity index (χ3v) is 5.98. The highest BCUT2D eigenvalue weighted by atomic mass is 16.5. The monoisotopic (exact) mass is 371 g/mol. The molecule has 2 atom stereocenters. The first-order chi connectivity index (χ1) is 12.9. The summed E-state index contributed by atoms with van der Waals surface area (Å²) in [6.45, 7) is 3.36. The zero-order valence-corrected chi connectivity index (χ0v) is 16.2. The molecule has 0 saturated carbocycles. The Hall–Kier alpha value is -2.54. The van der Waals surface area contributed by atoms with Gasteiger partial charge in [-0.05, 0) is 25.1 Å². The Balaban J connectivity index is 1.70. The van der Waals surface area contributed by atoms with Crippen LogP contribution < -0.4 is 4.74 Å². The number of amides is 2. The number of hydrogen-bond acceptors (Lipinski definition) is 4. The Kier molecular flexibility index (Phi) is 4.34. The number of nitrogens with zero attached hydrogens (tertiary/aromatic N) is 3. The van der Waals surface area contributed by atoms with E-state index >= 15 is 0 Å². The Morgan fingerprint density at radius 1 is 1.26 bits per heavy atom. The molecule has 144 valence electrons. The average molecular weight is 371 g/mol. The van der Waals surface area contributed by atoms with E-state index < -0.39 is 0 Å². The van der Waals surface area contributed by atoms with Gasteiger partial charge in [-0.25, -0.2) is 0 Å². The van der Waals surface area contributed by atoms with Gasteiger partial charge in [0.25, 0.3) is 5.91 Å². The van der Waals surface area contributed by atoms with Crippen molar-refractivity contribution in [2.75, 3.05) is 33.9 Å². The summed E-state index contributed by atoms with van der Waals surface area (Å²) in [6, 6.07) is 5.70. The summed E-state index contributed by atoms with van der Waals surface area (Å²) < 4.78 is 13.2. The molecular weight excluding hydrogens is 346 g/mol. The van der Waals surface area contributed by atoms with Gasteiger partial charge in [0.1, 0.15) is 5.75 Å². The maximum Gasteiger partial charge on any atom is 0.256 e. The number of hydrogen-bond donors (Lipinski definition) is 0. The van der Waals surface area contributed by atoms with E-state index in [0.29, 0.717) is 31.7 Å². The summed E-state index contributed by atoms with van der Waals surface area (Å²) >= 11 is 0. The molecule has 7 nitrogen and oxygen atoms in total. The van der Waals surface area contributed by atoms with Crippen LogP contribution >= 0.6 is 0 Å². The molecule has 0 radical (unpaired) electrons. The predicted octanol–water partition coefficient (Wildman–Crippen LogP) is 1.57. The largest absolute Gasteiger partial charge is 0.497 e. The summed E-state index contributed by atoms with van der Waals surface area (Å²) in [5.41, 5.74) is 2.60. The van der Waals surface area contributed by atoms with Crippen molar-refractivity contribution in [2.45, 2.75) is 25.5 Å². The summed E-state index contributed by atoms with van der Waals surface area (Å²) in [4.78, 5) is 29.1. The van der Waals surface area contributed by atoms with Crippen molar-refractivity contribution in [3.63, 3.8) is 0 Å². The van der Waals surface area contributed by atoms with E-state index in [9.17, 15) is 9.59 Å². The molecule has 1 aromatic carbocycles. The second-order valence-electron chi connectivity index (χ2n) is 7.34. The van der Waals surface area contributed by atoms with Gasteiger partial charge in [-0.1, -0.05) is 0 Å². The van der Waals surface area contributed by atoms with E-state index in [1.54, 1.807) is 19.1 Å². The third kappa shape index (κ3) is 2.77. The van der Waals surface area contributed by atoms with Gasteiger partial charge >= 0.3 is 0 Å².